The van der Waals surface area contributed by atoms with Gasteiger partial charge in [-0.05, 0) is 39.0 Å². The molecule has 0 saturated carbocycles. The molecule has 1 N–H and O–H groups in total. The van der Waals surface area contributed by atoms with Crippen LogP contribution in [0.5, 0.6) is 0 Å². The van der Waals surface area contributed by atoms with Gasteiger partial charge in [-0.2, -0.15) is 0 Å². The van der Waals surface area contributed by atoms with Gasteiger partial charge in [-0.15, -0.1) is 11.6 Å². The molecule has 0 aliphatic carbocycles. The first-order valence-electron chi connectivity index (χ1n) is 7.01. The molecule has 4 nitrogen and oxygen atoms in total. The lowest BCUT2D eigenvalue weighted by atomic mass is 10.2. The number of nitrogens with one attached hydrogen (secondary N) is 1. The van der Waals surface area contributed by atoms with E-state index in [2.05, 4.69) is 10.2 Å². The summed E-state index contributed by atoms with van der Waals surface area (Å²) in [7, 11) is 0. The Morgan fingerprint density at radius 3 is 2.57 bits per heavy atom. The minimum absolute atomic E-state index is 0.0814. The molecule has 1 aliphatic rings. The van der Waals surface area contributed by atoms with Crippen molar-refractivity contribution in [2.75, 3.05) is 23.3 Å². The molecule has 6 heteroatoms. The number of alkyl halides is 1. The SMILES string of the molecule is CC(Cl)C(=O)Nc1cc(F)cc(N2C[C@@H](C)O[C@@H](C)C2)c1. The maximum atomic E-state index is 13.8. The van der Waals surface area contributed by atoms with E-state index in [1.165, 1.54) is 12.1 Å². The number of hydrogen-bond donors (Lipinski definition) is 1. The smallest absolute Gasteiger partial charge is 0.242 e. The molecule has 1 heterocycles. The van der Waals surface area contributed by atoms with Crippen molar-refractivity contribution in [3.63, 3.8) is 0 Å². The number of amides is 1. The number of morpholine rings is 1. The van der Waals surface area contributed by atoms with Crippen molar-refractivity contribution in [3.05, 3.63) is 24.0 Å². The van der Waals surface area contributed by atoms with Crippen LogP contribution in [0.2, 0.25) is 0 Å². The van der Waals surface area contributed by atoms with Crippen molar-refractivity contribution in [1.29, 1.82) is 0 Å². The Hall–Kier alpha value is -1.33. The molecule has 1 saturated heterocycles. The van der Waals surface area contributed by atoms with E-state index in [0.717, 1.165) is 5.69 Å². The van der Waals surface area contributed by atoms with Crippen LogP contribution in [0, 0.1) is 5.82 Å². The van der Waals surface area contributed by atoms with Gasteiger partial charge in [0.2, 0.25) is 5.91 Å². The predicted octanol–water partition coefficient (Wildman–Crippen LogP) is 3.01. The van der Waals surface area contributed by atoms with Crippen LogP contribution in [0.3, 0.4) is 0 Å². The topological polar surface area (TPSA) is 41.6 Å². The number of hydrogen-bond acceptors (Lipinski definition) is 3. The largest absolute Gasteiger partial charge is 0.372 e. The van der Waals surface area contributed by atoms with Crippen LogP contribution in [-0.4, -0.2) is 36.6 Å². The lowest BCUT2D eigenvalue weighted by Crippen LogP contribution is -2.45. The maximum absolute atomic E-state index is 13.8. The summed E-state index contributed by atoms with van der Waals surface area (Å²) < 4.78 is 19.5. The van der Waals surface area contributed by atoms with Crippen molar-refractivity contribution >= 4 is 28.9 Å². The average Bonchev–Trinajstić information content (AvgIpc) is 2.36. The molecule has 116 valence electrons. The highest BCUT2D eigenvalue weighted by Gasteiger charge is 2.23. The zero-order valence-electron chi connectivity index (χ0n) is 12.4. The summed E-state index contributed by atoms with van der Waals surface area (Å²) in [4.78, 5) is 13.7. The second-order valence-electron chi connectivity index (χ2n) is 5.47. The molecule has 0 aromatic heterocycles. The average molecular weight is 315 g/mol. The van der Waals surface area contributed by atoms with Crippen LogP contribution < -0.4 is 10.2 Å². The fourth-order valence-electron chi connectivity index (χ4n) is 2.46. The Morgan fingerprint density at radius 1 is 1.38 bits per heavy atom. The molecule has 1 aromatic rings. The normalized spacial score (nSPS) is 23.8. The standard InChI is InChI=1S/C15H20ClFN2O2/c1-9-7-19(8-10(2)21-9)14-5-12(17)4-13(6-14)18-15(20)11(3)16/h4-6,9-11H,7-8H2,1-3H3,(H,18,20)/t9-,10+,11?. The summed E-state index contributed by atoms with van der Waals surface area (Å²) in [6.45, 7) is 6.92. The number of halogens is 2. The van der Waals surface area contributed by atoms with Crippen molar-refractivity contribution < 1.29 is 13.9 Å². The summed E-state index contributed by atoms with van der Waals surface area (Å²) in [6, 6.07) is 4.50. The molecule has 2 rings (SSSR count). The molecule has 3 atom stereocenters. The summed E-state index contributed by atoms with van der Waals surface area (Å²) in [5.41, 5.74) is 1.14. The predicted molar refractivity (Wildman–Crippen MR) is 82.6 cm³/mol. The molecule has 0 bridgehead atoms. The van der Waals surface area contributed by atoms with Crippen molar-refractivity contribution in [2.24, 2.45) is 0 Å². The Morgan fingerprint density at radius 2 is 2.00 bits per heavy atom. The molecular formula is C15H20ClFN2O2. The number of carbonyl (C=O) groups is 1. The fourth-order valence-corrected chi connectivity index (χ4v) is 2.51. The molecule has 1 unspecified atom stereocenters. The Kier molecular flexibility index (Phi) is 5.06. The second kappa shape index (κ2) is 6.62. The van der Waals surface area contributed by atoms with Gasteiger partial charge in [-0.25, -0.2) is 4.39 Å². The summed E-state index contributed by atoms with van der Waals surface area (Å²) >= 11 is 5.71. The first kappa shape index (κ1) is 16.0. The molecule has 21 heavy (non-hydrogen) atoms. The monoisotopic (exact) mass is 314 g/mol. The van der Waals surface area contributed by atoms with Crippen LogP contribution in [0.15, 0.2) is 18.2 Å². The van der Waals surface area contributed by atoms with E-state index in [0.29, 0.717) is 18.8 Å². The molecule has 0 spiro atoms. The van der Waals surface area contributed by atoms with Gasteiger partial charge >= 0.3 is 0 Å². The first-order valence-corrected chi connectivity index (χ1v) is 7.44. The molecule has 0 radical (unpaired) electrons. The van der Waals surface area contributed by atoms with E-state index in [1.807, 2.05) is 13.8 Å². The lowest BCUT2D eigenvalue weighted by molar-refractivity contribution is -0.115. The Labute approximate surface area is 129 Å². The second-order valence-corrected chi connectivity index (χ2v) is 6.12. The van der Waals surface area contributed by atoms with Crippen molar-refractivity contribution in [3.8, 4) is 0 Å². The highest BCUT2D eigenvalue weighted by Crippen LogP contribution is 2.25. The maximum Gasteiger partial charge on any atom is 0.242 e. The van der Waals surface area contributed by atoms with Gasteiger partial charge in [-0.1, -0.05) is 0 Å². The number of rotatable bonds is 3. The minimum atomic E-state index is -0.667. The lowest BCUT2D eigenvalue weighted by Gasteiger charge is -2.37. The molecule has 1 amide bonds. The van der Waals surface area contributed by atoms with E-state index >= 15 is 0 Å². The molecule has 1 aliphatic heterocycles. The summed E-state index contributed by atoms with van der Waals surface area (Å²) in [6.07, 6.45) is 0.163. The van der Waals surface area contributed by atoms with Crippen LogP contribution >= 0.6 is 11.6 Å². The summed E-state index contributed by atoms with van der Waals surface area (Å²) in [5, 5.41) is 1.95. The quantitative estimate of drug-likeness (QED) is 0.872. The van der Waals surface area contributed by atoms with Gasteiger partial charge in [0.25, 0.3) is 0 Å². The van der Waals surface area contributed by atoms with Crippen molar-refractivity contribution in [1.82, 2.24) is 0 Å². The highest BCUT2D eigenvalue weighted by molar-refractivity contribution is 6.32. The van der Waals surface area contributed by atoms with Gasteiger partial charge in [0.15, 0.2) is 0 Å². The van der Waals surface area contributed by atoms with E-state index in [-0.39, 0.29) is 18.1 Å². The van der Waals surface area contributed by atoms with Crippen molar-refractivity contribution in [2.45, 2.75) is 38.4 Å². The van der Waals surface area contributed by atoms with Gasteiger partial charge in [-0.3, -0.25) is 4.79 Å². The third-order valence-electron chi connectivity index (χ3n) is 3.30. The number of ether oxygens (including phenoxy) is 1. The summed E-state index contributed by atoms with van der Waals surface area (Å²) in [5.74, 6) is -0.742. The number of benzene rings is 1. The van der Waals surface area contributed by atoms with E-state index in [9.17, 15) is 9.18 Å². The van der Waals surface area contributed by atoms with Crippen LogP contribution in [0.1, 0.15) is 20.8 Å². The van der Waals surface area contributed by atoms with E-state index in [4.69, 9.17) is 16.3 Å². The van der Waals surface area contributed by atoms with Crippen LogP contribution in [0.4, 0.5) is 15.8 Å². The molecule has 1 aromatic carbocycles. The minimum Gasteiger partial charge on any atom is -0.372 e. The van der Waals surface area contributed by atoms with Gasteiger partial charge in [0, 0.05) is 24.5 Å². The number of nitrogens with zero attached hydrogens (tertiary/aromatic N) is 1. The fraction of sp³-hybridized carbons (Fsp3) is 0.533. The number of anilines is 2. The zero-order chi connectivity index (χ0) is 15.6. The number of carbonyl (C=O) groups excluding carboxylic acids is 1. The zero-order valence-corrected chi connectivity index (χ0v) is 13.2. The van der Waals surface area contributed by atoms with Crippen LogP contribution in [-0.2, 0) is 9.53 Å². The molecule has 1 fully saturated rings. The Bertz CT molecular complexity index is 514. The van der Waals surface area contributed by atoms with E-state index < -0.39 is 11.2 Å². The van der Waals surface area contributed by atoms with Gasteiger partial charge in [0.1, 0.15) is 11.2 Å². The third kappa shape index (κ3) is 4.32. The Balaban J connectivity index is 2.20. The molecular weight excluding hydrogens is 295 g/mol. The highest BCUT2D eigenvalue weighted by atomic mass is 35.5. The van der Waals surface area contributed by atoms with E-state index in [1.54, 1.807) is 13.0 Å². The van der Waals surface area contributed by atoms with Gasteiger partial charge in [0.05, 0.1) is 12.2 Å². The third-order valence-corrected chi connectivity index (χ3v) is 3.49. The first-order chi connectivity index (χ1) is 9.85. The van der Waals surface area contributed by atoms with Crippen LogP contribution in [0.25, 0.3) is 0 Å². The van der Waals surface area contributed by atoms with Gasteiger partial charge < -0.3 is 15.0 Å².